The molecule has 0 radical (unpaired) electrons. The Morgan fingerprint density at radius 3 is 2.63 bits per heavy atom. The Hall–Kier alpha value is -3.39. The highest BCUT2D eigenvalue weighted by atomic mass is 19.2. The minimum Gasteiger partial charge on any atom is -0.493 e. The number of halogens is 2. The summed E-state index contributed by atoms with van der Waals surface area (Å²) in [5.41, 5.74) is 8.89. The third-order valence-corrected chi connectivity index (χ3v) is 4.30. The van der Waals surface area contributed by atoms with Gasteiger partial charge in [0.2, 0.25) is 5.88 Å². The Kier molecular flexibility index (Phi) is 4.25. The molecule has 6 nitrogen and oxygen atoms in total. The molecule has 4 aromatic rings. The van der Waals surface area contributed by atoms with Crippen LogP contribution in [0.4, 0.5) is 8.78 Å². The molecule has 0 fully saturated rings. The van der Waals surface area contributed by atoms with Crippen LogP contribution in [0.1, 0.15) is 17.4 Å². The Morgan fingerprint density at radius 2 is 1.89 bits per heavy atom. The van der Waals surface area contributed by atoms with E-state index in [1.807, 2.05) is 6.07 Å². The van der Waals surface area contributed by atoms with E-state index in [1.54, 1.807) is 24.5 Å². The van der Waals surface area contributed by atoms with Gasteiger partial charge in [-0.2, -0.15) is 10.1 Å². The monoisotopic (exact) mass is 367 g/mol. The molecule has 0 bridgehead atoms. The molecule has 27 heavy (non-hydrogen) atoms. The van der Waals surface area contributed by atoms with Crippen molar-refractivity contribution in [1.82, 2.24) is 20.2 Å². The van der Waals surface area contributed by atoms with Crippen LogP contribution < -0.4 is 5.73 Å². The summed E-state index contributed by atoms with van der Waals surface area (Å²) >= 11 is 0. The number of fused-ring (bicyclic) bond motifs is 1. The van der Waals surface area contributed by atoms with E-state index in [0.29, 0.717) is 16.5 Å². The van der Waals surface area contributed by atoms with E-state index in [-0.39, 0.29) is 18.1 Å². The minimum absolute atomic E-state index is 0.193. The quantitative estimate of drug-likeness (QED) is 0.514. The second kappa shape index (κ2) is 6.73. The molecule has 0 saturated carbocycles. The summed E-state index contributed by atoms with van der Waals surface area (Å²) in [7, 11) is 0. The molecule has 2 aromatic carbocycles. The number of H-pyrrole nitrogens is 1. The lowest BCUT2D eigenvalue weighted by Gasteiger charge is -2.12. The number of hydrogen-bond acceptors (Lipinski definition) is 5. The highest BCUT2D eigenvalue weighted by Crippen LogP contribution is 2.28. The highest BCUT2D eigenvalue weighted by Gasteiger charge is 2.16. The molecular weight excluding hydrogens is 352 g/mol. The van der Waals surface area contributed by atoms with E-state index in [0.717, 1.165) is 23.3 Å². The molecule has 0 unspecified atom stereocenters. The molecule has 4 N–H and O–H groups in total. The molecule has 1 atom stereocenters. The SMILES string of the molecule is N[C@H](Cc1ccc(F)c(F)c1)c1nc(O)c2cc(-c3cn[nH]c3)ccc2n1. The van der Waals surface area contributed by atoms with Gasteiger partial charge in [-0.1, -0.05) is 12.1 Å². The first-order valence-corrected chi connectivity index (χ1v) is 8.20. The number of rotatable bonds is 4. The van der Waals surface area contributed by atoms with Gasteiger partial charge in [-0.25, -0.2) is 13.8 Å². The number of aromatic hydroxyl groups is 1. The van der Waals surface area contributed by atoms with Crippen LogP contribution in [-0.2, 0) is 6.42 Å². The van der Waals surface area contributed by atoms with Crippen LogP contribution in [-0.4, -0.2) is 25.3 Å². The van der Waals surface area contributed by atoms with Gasteiger partial charge in [0.25, 0.3) is 0 Å². The summed E-state index contributed by atoms with van der Waals surface area (Å²) < 4.78 is 26.4. The first-order valence-electron chi connectivity index (χ1n) is 8.20. The molecule has 0 aliphatic heterocycles. The van der Waals surface area contributed by atoms with E-state index >= 15 is 0 Å². The molecule has 2 heterocycles. The highest BCUT2D eigenvalue weighted by molar-refractivity contribution is 5.87. The van der Waals surface area contributed by atoms with E-state index in [1.165, 1.54) is 6.07 Å². The lowest BCUT2D eigenvalue weighted by atomic mass is 10.0. The summed E-state index contributed by atoms with van der Waals surface area (Å²) in [4.78, 5) is 8.50. The maximum Gasteiger partial charge on any atom is 0.222 e. The number of aromatic nitrogens is 4. The molecule has 0 spiro atoms. The predicted molar refractivity (Wildman–Crippen MR) is 95.8 cm³/mol. The van der Waals surface area contributed by atoms with Crippen molar-refractivity contribution in [3.05, 3.63) is 71.8 Å². The van der Waals surface area contributed by atoms with E-state index < -0.39 is 17.7 Å². The number of benzene rings is 2. The fourth-order valence-corrected chi connectivity index (χ4v) is 2.90. The summed E-state index contributed by atoms with van der Waals surface area (Å²) in [6.07, 6.45) is 3.62. The van der Waals surface area contributed by atoms with Crippen LogP contribution in [0.25, 0.3) is 22.0 Å². The first-order chi connectivity index (χ1) is 13.0. The number of aromatic amines is 1. The van der Waals surface area contributed by atoms with Crippen molar-refractivity contribution < 1.29 is 13.9 Å². The number of hydrogen-bond donors (Lipinski definition) is 3. The van der Waals surface area contributed by atoms with E-state index in [2.05, 4.69) is 20.2 Å². The van der Waals surface area contributed by atoms with Gasteiger partial charge in [0, 0.05) is 11.8 Å². The zero-order valence-electron chi connectivity index (χ0n) is 14.0. The number of nitrogens with one attached hydrogen (secondary N) is 1. The van der Waals surface area contributed by atoms with Gasteiger partial charge in [-0.15, -0.1) is 0 Å². The molecule has 136 valence electrons. The minimum atomic E-state index is -0.936. The van der Waals surface area contributed by atoms with Crippen LogP contribution >= 0.6 is 0 Å². The Labute approximate surface area is 152 Å². The smallest absolute Gasteiger partial charge is 0.222 e. The maximum atomic E-state index is 13.4. The predicted octanol–water partition coefficient (Wildman–Crippen LogP) is 3.25. The normalized spacial score (nSPS) is 12.4. The summed E-state index contributed by atoms with van der Waals surface area (Å²) in [6, 6.07) is 8.28. The van der Waals surface area contributed by atoms with Crippen molar-refractivity contribution in [1.29, 1.82) is 0 Å². The van der Waals surface area contributed by atoms with Gasteiger partial charge in [0.05, 0.1) is 23.1 Å². The van der Waals surface area contributed by atoms with Crippen molar-refractivity contribution in [3.8, 4) is 17.0 Å². The van der Waals surface area contributed by atoms with Gasteiger partial charge in [-0.05, 0) is 41.8 Å². The molecular formula is C19H15F2N5O. The molecule has 0 aliphatic carbocycles. The average molecular weight is 367 g/mol. The fourth-order valence-electron chi connectivity index (χ4n) is 2.90. The number of nitrogens with two attached hydrogens (primary N) is 1. The Bertz CT molecular complexity index is 1110. The summed E-state index contributed by atoms with van der Waals surface area (Å²) in [5, 5.41) is 17.5. The molecule has 0 amide bonds. The molecule has 4 rings (SSSR count). The zero-order valence-corrected chi connectivity index (χ0v) is 14.0. The van der Waals surface area contributed by atoms with Crippen molar-refractivity contribution in [2.75, 3.05) is 0 Å². The summed E-state index contributed by atoms with van der Waals surface area (Å²) in [6.45, 7) is 0. The van der Waals surface area contributed by atoms with E-state index in [4.69, 9.17) is 5.73 Å². The van der Waals surface area contributed by atoms with Crippen molar-refractivity contribution in [2.24, 2.45) is 5.73 Å². The van der Waals surface area contributed by atoms with Crippen LogP contribution in [0, 0.1) is 11.6 Å². The lowest BCUT2D eigenvalue weighted by molar-refractivity contribution is 0.453. The van der Waals surface area contributed by atoms with Gasteiger partial charge < -0.3 is 10.8 Å². The molecule has 8 heteroatoms. The molecule has 0 aliphatic rings. The Morgan fingerprint density at radius 1 is 1.04 bits per heavy atom. The third-order valence-electron chi connectivity index (χ3n) is 4.30. The second-order valence-electron chi connectivity index (χ2n) is 6.18. The molecule has 2 aromatic heterocycles. The van der Waals surface area contributed by atoms with Gasteiger partial charge in [0.15, 0.2) is 11.6 Å². The van der Waals surface area contributed by atoms with Crippen molar-refractivity contribution >= 4 is 10.9 Å². The first kappa shape index (κ1) is 17.0. The summed E-state index contributed by atoms with van der Waals surface area (Å²) in [5.74, 6) is -1.82. The van der Waals surface area contributed by atoms with Crippen LogP contribution in [0.2, 0.25) is 0 Å². The fraction of sp³-hybridized carbons (Fsp3) is 0.105. The van der Waals surface area contributed by atoms with E-state index in [9.17, 15) is 13.9 Å². The standard InChI is InChI=1S/C19H15F2N5O/c20-14-3-1-10(5-15(14)21)6-16(22)18-25-17-4-2-11(12-8-23-24-9-12)7-13(17)19(27)26-18/h1-5,7-9,16H,6,22H2,(H,23,24)(H,25,26,27)/t16-/m1/s1. The van der Waals surface area contributed by atoms with Gasteiger partial charge >= 0.3 is 0 Å². The van der Waals surface area contributed by atoms with Gasteiger partial charge in [-0.3, -0.25) is 5.10 Å². The largest absolute Gasteiger partial charge is 0.493 e. The van der Waals surface area contributed by atoms with Crippen LogP contribution in [0.15, 0.2) is 48.8 Å². The third kappa shape index (κ3) is 3.34. The van der Waals surface area contributed by atoms with Crippen molar-refractivity contribution in [3.63, 3.8) is 0 Å². The molecule has 0 saturated heterocycles. The van der Waals surface area contributed by atoms with Gasteiger partial charge in [0.1, 0.15) is 5.82 Å². The zero-order chi connectivity index (χ0) is 19.0. The van der Waals surface area contributed by atoms with Crippen LogP contribution in [0.5, 0.6) is 5.88 Å². The number of nitrogens with zero attached hydrogens (tertiary/aromatic N) is 3. The average Bonchev–Trinajstić information content (AvgIpc) is 3.19. The van der Waals surface area contributed by atoms with Crippen LogP contribution in [0.3, 0.4) is 0 Å². The van der Waals surface area contributed by atoms with Crippen molar-refractivity contribution in [2.45, 2.75) is 12.5 Å². The second-order valence-corrected chi connectivity index (χ2v) is 6.18. The topological polar surface area (TPSA) is 101 Å². The maximum absolute atomic E-state index is 13.4. The lowest BCUT2D eigenvalue weighted by Crippen LogP contribution is -2.17. The Balaban J connectivity index is 1.66.